The summed E-state index contributed by atoms with van der Waals surface area (Å²) in [6.45, 7) is 13.7. The first-order valence-electron chi connectivity index (χ1n) is 13.4. The Labute approximate surface area is 224 Å². The quantitative estimate of drug-likeness (QED) is 0.286. The Morgan fingerprint density at radius 3 is 2.11 bits per heavy atom. The fraction of sp³-hybridized carbons (Fsp3) is 0.731. The van der Waals surface area contributed by atoms with E-state index in [1.165, 1.54) is 10.6 Å². The van der Waals surface area contributed by atoms with Gasteiger partial charge in [0.25, 0.3) is 0 Å². The molecule has 1 amide bonds. The van der Waals surface area contributed by atoms with E-state index in [0.717, 1.165) is 51.0 Å². The number of likely N-dealkylation sites (N-methyl/N-ethyl adjacent to an activating group) is 1. The Bertz CT molecular complexity index is 1060. The van der Waals surface area contributed by atoms with Crippen molar-refractivity contribution in [2.24, 2.45) is 0 Å². The van der Waals surface area contributed by atoms with Gasteiger partial charge in [-0.1, -0.05) is 32.9 Å². The fourth-order valence-electron chi connectivity index (χ4n) is 4.72. The summed E-state index contributed by atoms with van der Waals surface area (Å²) in [5.41, 5.74) is 1.11. The van der Waals surface area contributed by atoms with Gasteiger partial charge in [-0.25, -0.2) is 16.8 Å². The van der Waals surface area contributed by atoms with Gasteiger partial charge in [-0.15, -0.1) is 0 Å². The van der Waals surface area contributed by atoms with E-state index in [0.29, 0.717) is 37.1 Å². The zero-order valence-corrected chi connectivity index (χ0v) is 24.9. The third-order valence-electron chi connectivity index (χ3n) is 7.27. The number of benzene rings is 1. The summed E-state index contributed by atoms with van der Waals surface area (Å²) in [5, 5.41) is 0. The molecule has 0 aromatic heterocycles. The van der Waals surface area contributed by atoms with Crippen LogP contribution in [0.15, 0.2) is 29.2 Å². The summed E-state index contributed by atoms with van der Waals surface area (Å²) in [6, 6.07) is 7.41. The van der Waals surface area contributed by atoms with Crippen molar-refractivity contribution in [1.29, 1.82) is 0 Å². The van der Waals surface area contributed by atoms with Gasteiger partial charge in [-0.05, 0) is 70.1 Å². The molecule has 212 valence electrons. The fourth-order valence-corrected chi connectivity index (χ4v) is 6.77. The number of nitrogens with zero attached hydrogens (tertiary/aromatic N) is 4. The van der Waals surface area contributed by atoms with Gasteiger partial charge in [-0.2, -0.15) is 4.31 Å². The second kappa shape index (κ2) is 14.6. The van der Waals surface area contributed by atoms with E-state index in [1.54, 1.807) is 17.0 Å². The van der Waals surface area contributed by atoms with Crippen molar-refractivity contribution in [2.75, 3.05) is 70.9 Å². The van der Waals surface area contributed by atoms with Crippen molar-refractivity contribution in [3.63, 3.8) is 0 Å². The first-order valence-corrected chi connectivity index (χ1v) is 16.9. The standard InChI is InChI=1S/C26H46N4O5S2/c1-6-27(7-2)19-20-37(34,35)30-18-17-29(26(31)22-30)16-10-9-15-28(8-3)23(4)21-24-11-13-25(14-12-24)36(5,32)33/h11-14,23H,6-10,15-22H2,1-5H3. The Hall–Kier alpha value is -1.53. The largest absolute Gasteiger partial charge is 0.340 e. The summed E-state index contributed by atoms with van der Waals surface area (Å²) < 4.78 is 50.1. The molecule has 1 atom stereocenters. The molecule has 0 radical (unpaired) electrons. The number of hydrogen-bond acceptors (Lipinski definition) is 7. The van der Waals surface area contributed by atoms with Crippen LogP contribution in [0, 0.1) is 0 Å². The molecule has 1 aromatic rings. The number of unbranched alkanes of at least 4 members (excludes halogenated alkanes) is 1. The Balaban J connectivity index is 1.76. The van der Waals surface area contributed by atoms with E-state index in [2.05, 4.69) is 23.6 Å². The normalized spacial score (nSPS) is 16.6. The van der Waals surface area contributed by atoms with Crippen LogP contribution in [-0.4, -0.2) is 119 Å². The molecule has 0 aliphatic carbocycles. The van der Waals surface area contributed by atoms with E-state index < -0.39 is 19.9 Å². The van der Waals surface area contributed by atoms with Crippen LogP contribution < -0.4 is 0 Å². The molecule has 2 rings (SSSR count). The summed E-state index contributed by atoms with van der Waals surface area (Å²) in [4.78, 5) is 19.2. The minimum atomic E-state index is -3.43. The molecular formula is C26H46N4O5S2. The molecule has 1 unspecified atom stereocenters. The van der Waals surface area contributed by atoms with Crippen LogP contribution in [0.2, 0.25) is 0 Å². The SMILES string of the molecule is CCN(CC)CCS(=O)(=O)N1CCN(CCCCN(CC)C(C)Cc2ccc(S(C)(=O)=O)cc2)C(=O)C1. The molecule has 1 saturated heterocycles. The average Bonchev–Trinajstić information content (AvgIpc) is 2.85. The molecule has 0 N–H and O–H groups in total. The molecule has 1 aliphatic heterocycles. The van der Waals surface area contributed by atoms with Gasteiger partial charge in [0, 0.05) is 38.5 Å². The average molecular weight is 559 g/mol. The monoisotopic (exact) mass is 558 g/mol. The van der Waals surface area contributed by atoms with Gasteiger partial charge in [0.2, 0.25) is 15.9 Å². The lowest BCUT2D eigenvalue weighted by molar-refractivity contribution is -0.134. The molecule has 0 saturated carbocycles. The number of piperazine rings is 1. The summed E-state index contributed by atoms with van der Waals surface area (Å²) >= 11 is 0. The molecule has 1 fully saturated rings. The number of sulfonamides is 1. The van der Waals surface area contributed by atoms with Gasteiger partial charge >= 0.3 is 0 Å². The highest BCUT2D eigenvalue weighted by Crippen LogP contribution is 2.15. The van der Waals surface area contributed by atoms with Crippen LogP contribution in [0.1, 0.15) is 46.1 Å². The second-order valence-electron chi connectivity index (χ2n) is 9.86. The predicted octanol–water partition coefficient (Wildman–Crippen LogP) is 1.94. The van der Waals surface area contributed by atoms with E-state index >= 15 is 0 Å². The van der Waals surface area contributed by atoms with Crippen LogP contribution in [-0.2, 0) is 31.1 Å². The van der Waals surface area contributed by atoms with Crippen molar-refractivity contribution in [3.8, 4) is 0 Å². The number of sulfone groups is 1. The van der Waals surface area contributed by atoms with Crippen molar-refractivity contribution >= 4 is 25.8 Å². The van der Waals surface area contributed by atoms with Gasteiger partial charge < -0.3 is 14.7 Å². The third-order valence-corrected chi connectivity index (χ3v) is 10.2. The highest BCUT2D eigenvalue weighted by Gasteiger charge is 2.31. The Kier molecular flexibility index (Phi) is 12.5. The van der Waals surface area contributed by atoms with E-state index in [9.17, 15) is 21.6 Å². The summed E-state index contributed by atoms with van der Waals surface area (Å²) in [6.07, 6.45) is 3.86. The smallest absolute Gasteiger partial charge is 0.237 e. The van der Waals surface area contributed by atoms with Crippen LogP contribution >= 0.6 is 0 Å². The highest BCUT2D eigenvalue weighted by atomic mass is 32.2. The van der Waals surface area contributed by atoms with Crippen LogP contribution in [0.25, 0.3) is 0 Å². The molecular weight excluding hydrogens is 512 g/mol. The number of hydrogen-bond donors (Lipinski definition) is 0. The zero-order chi connectivity index (χ0) is 27.6. The molecule has 0 spiro atoms. The van der Waals surface area contributed by atoms with E-state index in [-0.39, 0.29) is 18.2 Å². The topological polar surface area (TPSA) is 98.3 Å². The molecule has 0 bridgehead atoms. The lowest BCUT2D eigenvalue weighted by Crippen LogP contribution is -2.53. The molecule has 9 nitrogen and oxygen atoms in total. The van der Waals surface area contributed by atoms with Gasteiger partial charge in [0.15, 0.2) is 9.84 Å². The predicted molar refractivity (Wildman–Crippen MR) is 149 cm³/mol. The molecule has 1 aromatic carbocycles. The minimum absolute atomic E-state index is 0.0504. The maximum Gasteiger partial charge on any atom is 0.237 e. The highest BCUT2D eigenvalue weighted by molar-refractivity contribution is 7.90. The Morgan fingerprint density at radius 2 is 1.57 bits per heavy atom. The first-order chi connectivity index (χ1) is 17.4. The maximum absolute atomic E-state index is 12.7. The summed E-state index contributed by atoms with van der Waals surface area (Å²) in [5.74, 6) is -0.0644. The van der Waals surface area contributed by atoms with Crippen molar-refractivity contribution in [1.82, 2.24) is 19.0 Å². The van der Waals surface area contributed by atoms with Crippen molar-refractivity contribution in [2.45, 2.75) is 57.9 Å². The van der Waals surface area contributed by atoms with Crippen LogP contribution in [0.3, 0.4) is 0 Å². The lowest BCUT2D eigenvalue weighted by Gasteiger charge is -2.34. The van der Waals surface area contributed by atoms with Crippen LogP contribution in [0.4, 0.5) is 0 Å². The molecule has 1 heterocycles. The van der Waals surface area contributed by atoms with Gasteiger partial charge in [-0.3, -0.25) is 4.79 Å². The maximum atomic E-state index is 12.7. The van der Waals surface area contributed by atoms with Gasteiger partial charge in [0.05, 0.1) is 17.2 Å². The molecule has 1 aliphatic rings. The van der Waals surface area contributed by atoms with Crippen molar-refractivity contribution in [3.05, 3.63) is 29.8 Å². The van der Waals surface area contributed by atoms with E-state index in [4.69, 9.17) is 0 Å². The third kappa shape index (κ3) is 9.94. The molecule has 37 heavy (non-hydrogen) atoms. The number of rotatable bonds is 16. The van der Waals surface area contributed by atoms with Gasteiger partial charge in [0.1, 0.15) is 0 Å². The molecule has 11 heteroatoms. The van der Waals surface area contributed by atoms with Crippen molar-refractivity contribution < 1.29 is 21.6 Å². The lowest BCUT2D eigenvalue weighted by atomic mass is 10.1. The minimum Gasteiger partial charge on any atom is -0.340 e. The Morgan fingerprint density at radius 1 is 0.919 bits per heavy atom. The van der Waals surface area contributed by atoms with Crippen LogP contribution in [0.5, 0.6) is 0 Å². The summed E-state index contributed by atoms with van der Waals surface area (Å²) in [7, 11) is -6.62. The zero-order valence-electron chi connectivity index (χ0n) is 23.2. The second-order valence-corrected chi connectivity index (χ2v) is 14.0. The van der Waals surface area contributed by atoms with E-state index in [1.807, 2.05) is 26.0 Å². The first kappa shape index (κ1) is 31.7. The number of carbonyl (C=O) groups is 1. The number of carbonyl (C=O) groups excluding carboxylic acids is 1. The number of amides is 1.